The van der Waals surface area contributed by atoms with Gasteiger partial charge in [0.2, 0.25) is 0 Å². The van der Waals surface area contributed by atoms with E-state index in [1.54, 1.807) is 10.6 Å². The number of para-hydroxylation sites is 2. The number of aromatic hydroxyl groups is 1. The molecule has 0 radical (unpaired) electrons. The van der Waals surface area contributed by atoms with Crippen LogP contribution in [0.4, 0.5) is 0 Å². The Hall–Kier alpha value is -2.57. The number of aliphatic hydroxyl groups is 1. The molecule has 1 aliphatic rings. The van der Waals surface area contributed by atoms with Gasteiger partial charge in [-0.2, -0.15) is 0 Å². The van der Waals surface area contributed by atoms with E-state index in [0.29, 0.717) is 18.7 Å². The van der Waals surface area contributed by atoms with Gasteiger partial charge in [0.15, 0.2) is 0 Å². The van der Waals surface area contributed by atoms with Gasteiger partial charge in [0.25, 0.3) is 0 Å². The van der Waals surface area contributed by atoms with Crippen molar-refractivity contribution in [2.75, 3.05) is 0 Å². The molecular weight excluding hydrogens is 342 g/mol. The summed E-state index contributed by atoms with van der Waals surface area (Å²) in [6.45, 7) is 2.65. The average molecular weight is 367 g/mol. The number of rotatable bonds is 5. The van der Waals surface area contributed by atoms with Crippen molar-refractivity contribution in [1.29, 1.82) is 0 Å². The van der Waals surface area contributed by atoms with Gasteiger partial charge >= 0.3 is 5.69 Å². The first kappa shape index (κ1) is 17.8. The molecule has 0 bridgehead atoms. The molecule has 2 heterocycles. The summed E-state index contributed by atoms with van der Waals surface area (Å²) in [7, 11) is 0. The first-order valence-corrected chi connectivity index (χ1v) is 9.47. The Balaban J connectivity index is 1.48. The summed E-state index contributed by atoms with van der Waals surface area (Å²) in [6, 6.07) is 13.0. The number of phenols is 1. The lowest BCUT2D eigenvalue weighted by Gasteiger charge is -2.26. The van der Waals surface area contributed by atoms with E-state index >= 15 is 0 Å². The number of benzene rings is 2. The Morgan fingerprint density at radius 2 is 2.07 bits per heavy atom. The molecule has 4 N–H and O–H groups in total. The van der Waals surface area contributed by atoms with Gasteiger partial charge in [0.05, 0.1) is 17.1 Å². The summed E-state index contributed by atoms with van der Waals surface area (Å²) in [4.78, 5) is 15.1. The second-order valence-corrected chi connectivity index (χ2v) is 7.40. The maximum atomic E-state index is 12.2. The van der Waals surface area contributed by atoms with Gasteiger partial charge < -0.3 is 20.5 Å². The van der Waals surface area contributed by atoms with Crippen molar-refractivity contribution in [3.8, 4) is 5.75 Å². The van der Waals surface area contributed by atoms with Crippen LogP contribution in [0.25, 0.3) is 11.0 Å². The zero-order chi connectivity index (χ0) is 19.0. The van der Waals surface area contributed by atoms with Crippen LogP contribution < -0.4 is 11.0 Å². The van der Waals surface area contributed by atoms with E-state index in [0.717, 1.165) is 35.0 Å². The van der Waals surface area contributed by atoms with Gasteiger partial charge in [-0.25, -0.2) is 4.79 Å². The number of nitrogens with zero attached hydrogens (tertiary/aromatic N) is 1. The number of phenolic OH excluding ortho intramolecular Hbond substituents is 1. The van der Waals surface area contributed by atoms with Crippen LogP contribution in [0.3, 0.4) is 0 Å². The Morgan fingerprint density at radius 3 is 2.89 bits per heavy atom. The third-order valence-electron chi connectivity index (χ3n) is 5.52. The third kappa shape index (κ3) is 3.38. The van der Waals surface area contributed by atoms with E-state index in [1.165, 1.54) is 0 Å². The number of H-pyrrole nitrogens is 1. The largest absolute Gasteiger partial charge is 0.508 e. The second kappa shape index (κ2) is 7.21. The molecule has 0 fully saturated rings. The van der Waals surface area contributed by atoms with Crippen molar-refractivity contribution in [2.24, 2.45) is 0 Å². The van der Waals surface area contributed by atoms with Crippen molar-refractivity contribution < 1.29 is 10.2 Å². The van der Waals surface area contributed by atoms with Crippen LogP contribution in [-0.4, -0.2) is 31.8 Å². The molecule has 3 atom stereocenters. The lowest BCUT2D eigenvalue weighted by molar-refractivity contribution is 0.119. The van der Waals surface area contributed by atoms with E-state index in [-0.39, 0.29) is 17.8 Å². The van der Waals surface area contributed by atoms with Crippen LogP contribution in [0.5, 0.6) is 5.75 Å². The van der Waals surface area contributed by atoms with Crippen LogP contribution >= 0.6 is 0 Å². The number of hydrogen-bond acceptors (Lipinski definition) is 4. The molecule has 0 aliphatic carbocycles. The van der Waals surface area contributed by atoms with Crippen LogP contribution in [0, 0.1) is 0 Å². The number of aliphatic hydroxyl groups excluding tert-OH is 1. The van der Waals surface area contributed by atoms with Crippen LogP contribution in [0.2, 0.25) is 0 Å². The fraction of sp³-hybridized carbons (Fsp3) is 0.381. The lowest BCUT2D eigenvalue weighted by Crippen LogP contribution is -2.41. The topological polar surface area (TPSA) is 90.3 Å². The molecule has 27 heavy (non-hydrogen) atoms. The fourth-order valence-corrected chi connectivity index (χ4v) is 4.06. The quantitative estimate of drug-likeness (QED) is 0.558. The maximum Gasteiger partial charge on any atom is 0.326 e. The predicted octanol–water partition coefficient (Wildman–Crippen LogP) is 2.45. The lowest BCUT2D eigenvalue weighted by atomic mass is 9.98. The SMILES string of the molecule is CC(CCc1ccccc1O)NC1CCn2c(=O)[nH]c3cccc(c32)C1O. The van der Waals surface area contributed by atoms with E-state index in [4.69, 9.17) is 0 Å². The number of imidazole rings is 1. The number of aryl methyl sites for hydroxylation is 2. The highest BCUT2D eigenvalue weighted by Gasteiger charge is 2.29. The highest BCUT2D eigenvalue weighted by Crippen LogP contribution is 2.30. The van der Waals surface area contributed by atoms with Gasteiger partial charge in [0, 0.05) is 24.2 Å². The highest BCUT2D eigenvalue weighted by molar-refractivity contribution is 5.79. The van der Waals surface area contributed by atoms with Gasteiger partial charge in [-0.3, -0.25) is 4.57 Å². The monoisotopic (exact) mass is 367 g/mol. The van der Waals surface area contributed by atoms with Crippen molar-refractivity contribution in [1.82, 2.24) is 14.9 Å². The highest BCUT2D eigenvalue weighted by atomic mass is 16.3. The fourth-order valence-electron chi connectivity index (χ4n) is 4.06. The summed E-state index contributed by atoms with van der Waals surface area (Å²) in [5, 5.41) is 24.4. The molecule has 0 saturated carbocycles. The summed E-state index contributed by atoms with van der Waals surface area (Å²) in [5.74, 6) is 0.324. The van der Waals surface area contributed by atoms with Crippen molar-refractivity contribution in [3.05, 3.63) is 64.1 Å². The molecule has 4 rings (SSSR count). The van der Waals surface area contributed by atoms with E-state index in [1.807, 2.05) is 36.4 Å². The van der Waals surface area contributed by atoms with Crippen molar-refractivity contribution >= 4 is 11.0 Å². The molecule has 2 aromatic carbocycles. The van der Waals surface area contributed by atoms with Gasteiger partial charge in [-0.05, 0) is 43.9 Å². The third-order valence-corrected chi connectivity index (χ3v) is 5.52. The minimum absolute atomic E-state index is 0.127. The van der Waals surface area contributed by atoms with Gasteiger partial charge in [-0.1, -0.05) is 30.3 Å². The van der Waals surface area contributed by atoms with Crippen LogP contribution in [-0.2, 0) is 13.0 Å². The van der Waals surface area contributed by atoms with E-state index < -0.39 is 6.10 Å². The van der Waals surface area contributed by atoms with E-state index in [2.05, 4.69) is 17.2 Å². The zero-order valence-electron chi connectivity index (χ0n) is 15.4. The Labute approximate surface area is 157 Å². The summed E-state index contributed by atoms with van der Waals surface area (Å²) in [6.07, 6.45) is 1.60. The maximum absolute atomic E-state index is 12.2. The number of hydrogen-bond donors (Lipinski definition) is 4. The molecule has 0 spiro atoms. The first-order chi connectivity index (χ1) is 13.0. The molecule has 6 heteroatoms. The van der Waals surface area contributed by atoms with Crippen molar-refractivity contribution in [2.45, 2.75) is 50.9 Å². The second-order valence-electron chi connectivity index (χ2n) is 7.40. The number of aromatic amines is 1. The molecule has 6 nitrogen and oxygen atoms in total. The molecule has 1 aliphatic heterocycles. The standard InChI is InChI=1S/C21H25N3O3/c1-13(9-10-14-5-2-3-8-18(14)25)22-17-11-12-24-19-15(20(17)26)6-4-7-16(19)23-21(24)27/h2-8,13,17,20,22,25-26H,9-12H2,1H3,(H,23,27). The van der Waals surface area contributed by atoms with Crippen LogP contribution in [0.1, 0.15) is 37.0 Å². The molecule has 0 amide bonds. The smallest absolute Gasteiger partial charge is 0.326 e. The molecule has 3 unspecified atom stereocenters. The Bertz CT molecular complexity index is 1010. The predicted molar refractivity (Wildman–Crippen MR) is 105 cm³/mol. The Kier molecular flexibility index (Phi) is 4.76. The minimum Gasteiger partial charge on any atom is -0.508 e. The van der Waals surface area contributed by atoms with Crippen molar-refractivity contribution in [3.63, 3.8) is 0 Å². The minimum atomic E-state index is -0.676. The summed E-state index contributed by atoms with van der Waals surface area (Å²) in [5.41, 5.74) is 3.16. The molecule has 1 aromatic heterocycles. The van der Waals surface area contributed by atoms with Crippen LogP contribution in [0.15, 0.2) is 47.3 Å². The van der Waals surface area contributed by atoms with E-state index in [9.17, 15) is 15.0 Å². The summed E-state index contributed by atoms with van der Waals surface area (Å²) < 4.78 is 1.72. The first-order valence-electron chi connectivity index (χ1n) is 9.47. The summed E-state index contributed by atoms with van der Waals surface area (Å²) >= 11 is 0. The number of aromatic nitrogens is 2. The number of nitrogens with one attached hydrogen (secondary N) is 2. The Morgan fingerprint density at radius 1 is 1.26 bits per heavy atom. The van der Waals surface area contributed by atoms with Gasteiger partial charge in [0.1, 0.15) is 5.75 Å². The molecule has 0 saturated heterocycles. The van der Waals surface area contributed by atoms with Gasteiger partial charge in [-0.15, -0.1) is 0 Å². The molecule has 3 aromatic rings. The molecular formula is C21H25N3O3. The average Bonchev–Trinajstić information content (AvgIpc) is 2.91. The molecule has 142 valence electrons. The normalized spacial score (nSPS) is 20.5. The zero-order valence-corrected chi connectivity index (χ0v) is 15.4.